The number of piperidine rings is 1. The number of pyridine rings is 1. The number of carbonyl (C=O) groups excluding carboxylic acids is 2. The molecule has 1 aromatic carbocycles. The van der Waals surface area contributed by atoms with Gasteiger partial charge in [-0.15, -0.1) is 0 Å². The van der Waals surface area contributed by atoms with Crippen LogP contribution in [-0.2, 0) is 13.1 Å². The second kappa shape index (κ2) is 7.07. The van der Waals surface area contributed by atoms with Crippen molar-refractivity contribution in [2.24, 2.45) is 5.92 Å². The maximum Gasteiger partial charge on any atom is 0.275 e. The van der Waals surface area contributed by atoms with Crippen molar-refractivity contribution >= 4 is 11.8 Å². The van der Waals surface area contributed by atoms with E-state index in [1.807, 2.05) is 0 Å². The van der Waals surface area contributed by atoms with Gasteiger partial charge in [0.1, 0.15) is 29.2 Å². The van der Waals surface area contributed by atoms with Gasteiger partial charge in [-0.05, 0) is 18.8 Å². The zero-order chi connectivity index (χ0) is 22.9. The molecule has 3 aliphatic rings. The van der Waals surface area contributed by atoms with Gasteiger partial charge in [-0.3, -0.25) is 14.4 Å². The van der Waals surface area contributed by atoms with E-state index in [4.69, 9.17) is 0 Å². The van der Waals surface area contributed by atoms with Gasteiger partial charge in [-0.2, -0.15) is 0 Å². The van der Waals surface area contributed by atoms with Gasteiger partial charge in [0.25, 0.3) is 11.8 Å². The number of halogens is 4. The second-order valence-corrected chi connectivity index (χ2v) is 8.35. The number of hydrogen-bond donors (Lipinski definition) is 2. The second-order valence-electron chi connectivity index (χ2n) is 8.35. The highest BCUT2D eigenvalue weighted by Gasteiger charge is 2.56. The summed E-state index contributed by atoms with van der Waals surface area (Å²) in [5, 5.41) is 12.6. The Morgan fingerprint density at radius 2 is 1.81 bits per heavy atom. The molecule has 2 unspecified atom stereocenters. The summed E-state index contributed by atoms with van der Waals surface area (Å²) < 4.78 is 56.1. The van der Waals surface area contributed by atoms with E-state index in [0.717, 1.165) is 6.20 Å². The number of benzene rings is 1. The summed E-state index contributed by atoms with van der Waals surface area (Å²) >= 11 is 0. The monoisotopic (exact) mass is 451 g/mol. The average molecular weight is 451 g/mol. The van der Waals surface area contributed by atoms with E-state index in [0.29, 0.717) is 25.0 Å². The Morgan fingerprint density at radius 1 is 1.12 bits per heavy atom. The molecule has 2 fully saturated rings. The van der Waals surface area contributed by atoms with Crippen molar-refractivity contribution in [3.05, 3.63) is 62.8 Å². The number of hydrogen-bond acceptors (Lipinski definition) is 4. The van der Waals surface area contributed by atoms with Gasteiger partial charge in [0, 0.05) is 37.0 Å². The summed E-state index contributed by atoms with van der Waals surface area (Å²) in [6.07, 6.45) is 0.776. The van der Waals surface area contributed by atoms with Gasteiger partial charge in [-0.25, -0.2) is 17.6 Å². The molecule has 2 aliphatic heterocycles. The first-order valence-corrected chi connectivity index (χ1v) is 10.0. The molecule has 5 rings (SSSR count). The van der Waals surface area contributed by atoms with Crippen LogP contribution in [0.3, 0.4) is 0 Å². The standard InChI is InChI=1S/C21H17F4N3O4/c22-9-3-12(23)10(13(24)4-9)5-26-20(31)11-6-27-7-16-8-1-14(25)15(2-8)28(16)21(32)17(27)19(30)18(11)29/h3-4,6,8,14-16,30H,1-2,5,7H2,(H,26,31)/t8-,14-,15?,16?/m0/s1. The molecule has 1 aromatic heterocycles. The maximum atomic E-state index is 14.1. The zero-order valence-corrected chi connectivity index (χ0v) is 16.4. The van der Waals surface area contributed by atoms with Gasteiger partial charge >= 0.3 is 0 Å². The van der Waals surface area contributed by atoms with E-state index in [-0.39, 0.29) is 24.2 Å². The van der Waals surface area contributed by atoms with Crippen LogP contribution in [-0.4, -0.2) is 44.6 Å². The SMILES string of the molecule is O=C(NCc1c(F)cc(F)cc1F)c1cn2c(c(O)c1=O)C(=O)N1C(C2)[C@@H]2CC1[C@@H](F)C2. The molecular weight excluding hydrogens is 434 g/mol. The molecule has 2 amide bonds. The lowest BCUT2D eigenvalue weighted by Crippen LogP contribution is -2.55. The smallest absolute Gasteiger partial charge is 0.275 e. The molecule has 1 saturated heterocycles. The largest absolute Gasteiger partial charge is 0.503 e. The molecule has 2 N–H and O–H groups in total. The predicted octanol–water partition coefficient (Wildman–Crippen LogP) is 1.86. The summed E-state index contributed by atoms with van der Waals surface area (Å²) in [5.41, 5.74) is -2.59. The number of rotatable bonds is 3. The Morgan fingerprint density at radius 3 is 2.50 bits per heavy atom. The Kier molecular flexibility index (Phi) is 4.54. The first kappa shape index (κ1) is 20.5. The highest BCUT2D eigenvalue weighted by Crippen LogP contribution is 2.47. The highest BCUT2D eigenvalue weighted by molar-refractivity contribution is 5.99. The quantitative estimate of drug-likeness (QED) is 0.697. The average Bonchev–Trinajstić information content (AvgIpc) is 3.27. The zero-order valence-electron chi connectivity index (χ0n) is 16.4. The number of alkyl halides is 1. The summed E-state index contributed by atoms with van der Waals surface area (Å²) in [7, 11) is 0. The third-order valence-electron chi connectivity index (χ3n) is 6.60. The molecule has 32 heavy (non-hydrogen) atoms. The number of fused-ring (bicyclic) bond motifs is 6. The molecule has 0 radical (unpaired) electrons. The van der Waals surface area contributed by atoms with Crippen LogP contribution in [0.25, 0.3) is 0 Å². The van der Waals surface area contributed by atoms with E-state index >= 15 is 0 Å². The van der Waals surface area contributed by atoms with Crippen molar-refractivity contribution in [1.82, 2.24) is 14.8 Å². The van der Waals surface area contributed by atoms with Gasteiger partial charge in [0.05, 0.1) is 12.1 Å². The fraction of sp³-hybridized carbons (Fsp3) is 0.381. The normalized spacial score (nSPS) is 25.6. The number of nitrogens with zero attached hydrogens (tertiary/aromatic N) is 2. The van der Waals surface area contributed by atoms with Crippen LogP contribution in [0.1, 0.15) is 39.3 Å². The van der Waals surface area contributed by atoms with Crippen molar-refractivity contribution < 1.29 is 32.3 Å². The van der Waals surface area contributed by atoms with Crippen LogP contribution >= 0.6 is 0 Å². The minimum Gasteiger partial charge on any atom is -0.503 e. The Labute approximate surface area is 178 Å². The number of amides is 2. The first-order chi connectivity index (χ1) is 15.2. The lowest BCUT2D eigenvalue weighted by molar-refractivity contribution is 0.0315. The van der Waals surface area contributed by atoms with E-state index in [1.54, 1.807) is 0 Å². The summed E-state index contributed by atoms with van der Waals surface area (Å²) in [5.74, 6) is -6.24. The van der Waals surface area contributed by atoms with Gasteiger partial charge in [-0.1, -0.05) is 0 Å². The molecule has 1 aliphatic carbocycles. The van der Waals surface area contributed by atoms with Gasteiger partial charge < -0.3 is 19.9 Å². The van der Waals surface area contributed by atoms with E-state index in [9.17, 15) is 37.1 Å². The van der Waals surface area contributed by atoms with Crippen LogP contribution in [0.5, 0.6) is 5.75 Å². The fourth-order valence-corrected chi connectivity index (χ4v) is 5.12. The summed E-state index contributed by atoms with van der Waals surface area (Å²) in [4.78, 5) is 39.4. The Hall–Kier alpha value is -3.37. The highest BCUT2D eigenvalue weighted by atomic mass is 19.1. The minimum absolute atomic E-state index is 0.0598. The number of nitrogens with one attached hydrogen (secondary N) is 1. The van der Waals surface area contributed by atoms with Gasteiger partial charge in [0.15, 0.2) is 11.4 Å². The van der Waals surface area contributed by atoms with Crippen LogP contribution in [0.2, 0.25) is 0 Å². The first-order valence-electron chi connectivity index (χ1n) is 10.0. The third-order valence-corrected chi connectivity index (χ3v) is 6.60. The molecular formula is C21H17F4N3O4. The third kappa shape index (κ3) is 2.90. The van der Waals surface area contributed by atoms with Gasteiger partial charge in [0.2, 0.25) is 5.43 Å². The molecule has 2 aromatic rings. The lowest BCUT2D eigenvalue weighted by Gasteiger charge is -2.41. The van der Waals surface area contributed by atoms with Crippen molar-refractivity contribution in [3.63, 3.8) is 0 Å². The molecule has 0 spiro atoms. The van der Waals surface area contributed by atoms with Crippen molar-refractivity contribution in [2.45, 2.75) is 44.2 Å². The summed E-state index contributed by atoms with van der Waals surface area (Å²) in [6.45, 7) is -0.500. The Balaban J connectivity index is 1.44. The molecule has 1 saturated carbocycles. The number of carbonyl (C=O) groups is 2. The fourth-order valence-electron chi connectivity index (χ4n) is 5.12. The molecule has 7 nitrogen and oxygen atoms in total. The predicted molar refractivity (Wildman–Crippen MR) is 101 cm³/mol. The summed E-state index contributed by atoms with van der Waals surface area (Å²) in [6, 6.07) is 0.00828. The number of aromatic nitrogens is 1. The van der Waals surface area contributed by atoms with Crippen LogP contribution in [0.4, 0.5) is 17.6 Å². The minimum atomic E-state index is -1.21. The number of aromatic hydroxyl groups is 1. The molecule has 4 atom stereocenters. The van der Waals surface area contributed by atoms with E-state index in [1.165, 1.54) is 9.47 Å². The lowest BCUT2D eigenvalue weighted by atomic mass is 9.95. The van der Waals surface area contributed by atoms with Crippen molar-refractivity contribution in [3.8, 4) is 5.75 Å². The van der Waals surface area contributed by atoms with Crippen molar-refractivity contribution in [2.75, 3.05) is 0 Å². The molecule has 2 bridgehead atoms. The van der Waals surface area contributed by atoms with Crippen LogP contribution in [0, 0.1) is 23.4 Å². The topological polar surface area (TPSA) is 91.6 Å². The van der Waals surface area contributed by atoms with E-state index < -0.39 is 70.3 Å². The van der Waals surface area contributed by atoms with Crippen LogP contribution < -0.4 is 10.7 Å². The van der Waals surface area contributed by atoms with Crippen molar-refractivity contribution in [1.29, 1.82) is 0 Å². The maximum absolute atomic E-state index is 14.1. The van der Waals surface area contributed by atoms with Crippen LogP contribution in [0.15, 0.2) is 23.1 Å². The molecule has 11 heteroatoms. The Bertz CT molecular complexity index is 1210. The molecule has 3 heterocycles. The van der Waals surface area contributed by atoms with E-state index in [2.05, 4.69) is 5.32 Å². The molecule has 168 valence electrons.